The number of aromatic nitrogens is 4. The van der Waals surface area contributed by atoms with Crippen LogP contribution in [0.15, 0.2) is 36.8 Å². The maximum atomic E-state index is 13.5. The Hall–Kier alpha value is -3.47. The van der Waals surface area contributed by atoms with Crippen LogP contribution < -0.4 is 9.64 Å². The van der Waals surface area contributed by atoms with E-state index in [0.29, 0.717) is 29.8 Å². The fraction of sp³-hybridized carbons (Fsp3) is 0.417. The van der Waals surface area contributed by atoms with Gasteiger partial charge in [-0.3, -0.25) is 0 Å². The van der Waals surface area contributed by atoms with Crippen LogP contribution in [0.25, 0.3) is 11.1 Å². The topological polar surface area (TPSA) is 79.9 Å². The Morgan fingerprint density at radius 1 is 1.16 bits per heavy atom. The average Bonchev–Trinajstić information content (AvgIpc) is 3.56. The molecule has 0 atom stereocenters. The molecule has 7 nitrogen and oxygen atoms in total. The number of rotatable bonds is 6. The highest BCUT2D eigenvalue weighted by atomic mass is 19.1. The summed E-state index contributed by atoms with van der Waals surface area (Å²) in [6, 6.07) is 9.26. The summed E-state index contributed by atoms with van der Waals surface area (Å²) in [5.41, 5.74) is 3.02. The van der Waals surface area contributed by atoms with Crippen molar-refractivity contribution >= 4 is 5.69 Å². The maximum absolute atomic E-state index is 13.5. The molecule has 1 aliphatic heterocycles. The molecule has 0 radical (unpaired) electrons. The van der Waals surface area contributed by atoms with Gasteiger partial charge in [-0.2, -0.15) is 9.65 Å². The highest BCUT2D eigenvalue weighted by molar-refractivity contribution is 5.85. The van der Waals surface area contributed by atoms with Gasteiger partial charge in [-0.25, -0.2) is 4.98 Å². The van der Waals surface area contributed by atoms with Crippen molar-refractivity contribution in [3.8, 4) is 22.9 Å². The summed E-state index contributed by atoms with van der Waals surface area (Å²) < 4.78 is 21.5. The van der Waals surface area contributed by atoms with Gasteiger partial charge in [0.15, 0.2) is 0 Å². The van der Waals surface area contributed by atoms with Crippen molar-refractivity contribution in [2.75, 3.05) is 24.6 Å². The first-order valence-corrected chi connectivity index (χ1v) is 11.0. The van der Waals surface area contributed by atoms with E-state index in [2.05, 4.69) is 26.2 Å². The second-order valence-electron chi connectivity index (χ2n) is 8.63. The summed E-state index contributed by atoms with van der Waals surface area (Å²) in [5.74, 6) is 2.01. The molecule has 1 aromatic carbocycles. The number of aryl methyl sites for hydroxylation is 1. The Kier molecular flexibility index (Phi) is 5.48. The van der Waals surface area contributed by atoms with Gasteiger partial charge in [0, 0.05) is 43.4 Å². The lowest BCUT2D eigenvalue weighted by atomic mass is 9.93. The second kappa shape index (κ2) is 8.58. The van der Waals surface area contributed by atoms with Gasteiger partial charge in [0.05, 0.1) is 12.3 Å². The van der Waals surface area contributed by atoms with Crippen LogP contribution in [-0.4, -0.2) is 39.4 Å². The smallest absolute Gasteiger partial charge is 0.212 e. The quantitative estimate of drug-likeness (QED) is 0.547. The first-order chi connectivity index (χ1) is 15.6. The Morgan fingerprint density at radius 3 is 2.59 bits per heavy atom. The van der Waals surface area contributed by atoms with Gasteiger partial charge in [0.25, 0.3) is 0 Å². The lowest BCUT2D eigenvalue weighted by Gasteiger charge is -2.35. The number of nitriles is 1. The van der Waals surface area contributed by atoms with E-state index in [1.54, 1.807) is 12.4 Å². The molecule has 2 aromatic heterocycles. The van der Waals surface area contributed by atoms with Crippen LogP contribution in [0.5, 0.6) is 5.75 Å². The van der Waals surface area contributed by atoms with Crippen LogP contribution in [0, 0.1) is 23.2 Å². The van der Waals surface area contributed by atoms with Gasteiger partial charge in [-0.15, -0.1) is 10.2 Å². The van der Waals surface area contributed by atoms with Crippen LogP contribution in [0.2, 0.25) is 0 Å². The average molecular weight is 433 g/mol. The van der Waals surface area contributed by atoms with Crippen molar-refractivity contribution in [1.82, 2.24) is 19.7 Å². The van der Waals surface area contributed by atoms with Crippen LogP contribution in [0.1, 0.15) is 43.0 Å². The predicted octanol–water partition coefficient (Wildman–Crippen LogP) is 4.06. The number of benzene rings is 1. The van der Waals surface area contributed by atoms with Crippen LogP contribution >= 0.6 is 0 Å². The zero-order chi connectivity index (χ0) is 22.1. The molecule has 32 heavy (non-hydrogen) atoms. The minimum Gasteiger partial charge on any atom is -0.492 e. The number of pyridine rings is 1. The van der Waals surface area contributed by atoms with Crippen molar-refractivity contribution < 1.29 is 9.13 Å². The lowest BCUT2D eigenvalue weighted by Crippen LogP contribution is -2.34. The second-order valence-corrected chi connectivity index (χ2v) is 8.63. The van der Waals surface area contributed by atoms with Gasteiger partial charge < -0.3 is 14.2 Å². The minimum absolute atomic E-state index is 0.328. The number of nitrogens with zero attached hydrogens (tertiary/aromatic N) is 6. The zero-order valence-electron chi connectivity index (χ0n) is 18.0. The SMILES string of the molecule is Cn1cnnc1C1CCN(c2c(-c3ccc(F)nc3)ccc(OCC3CC3)c2C#N)CC1. The highest BCUT2D eigenvalue weighted by Gasteiger charge is 2.29. The molecule has 1 aliphatic carbocycles. The Bertz CT molecular complexity index is 1140. The molecule has 0 unspecified atom stereocenters. The van der Waals surface area contributed by atoms with E-state index in [0.717, 1.165) is 48.6 Å². The third-order valence-electron chi connectivity index (χ3n) is 6.38. The summed E-state index contributed by atoms with van der Waals surface area (Å²) in [5, 5.41) is 18.4. The molecule has 2 fully saturated rings. The summed E-state index contributed by atoms with van der Waals surface area (Å²) in [6.07, 6.45) is 7.44. The Labute approximate surface area is 186 Å². The molecule has 3 aromatic rings. The van der Waals surface area contributed by atoms with E-state index in [1.165, 1.54) is 25.1 Å². The number of anilines is 1. The Morgan fingerprint density at radius 2 is 1.97 bits per heavy atom. The molecule has 8 heteroatoms. The Balaban J connectivity index is 1.49. The number of ether oxygens (including phenoxy) is 1. The fourth-order valence-electron chi connectivity index (χ4n) is 4.41. The normalized spacial score (nSPS) is 16.7. The molecular formula is C24H25FN6O. The molecule has 1 saturated heterocycles. The number of halogens is 1. The van der Waals surface area contributed by atoms with Gasteiger partial charge in [0.1, 0.15) is 29.5 Å². The first kappa shape index (κ1) is 20.4. The van der Waals surface area contributed by atoms with Gasteiger partial charge in [0.2, 0.25) is 5.95 Å². The van der Waals surface area contributed by atoms with Gasteiger partial charge >= 0.3 is 0 Å². The molecule has 2 aliphatic rings. The third-order valence-corrected chi connectivity index (χ3v) is 6.38. The van der Waals surface area contributed by atoms with Gasteiger partial charge in [-0.1, -0.05) is 0 Å². The zero-order valence-corrected chi connectivity index (χ0v) is 18.0. The van der Waals surface area contributed by atoms with E-state index in [-0.39, 0.29) is 0 Å². The summed E-state index contributed by atoms with van der Waals surface area (Å²) in [7, 11) is 1.97. The predicted molar refractivity (Wildman–Crippen MR) is 118 cm³/mol. The third kappa shape index (κ3) is 4.03. The van der Waals surface area contributed by atoms with Crippen molar-refractivity contribution in [1.29, 1.82) is 5.26 Å². The summed E-state index contributed by atoms with van der Waals surface area (Å²) in [4.78, 5) is 6.07. The van der Waals surface area contributed by atoms with Crippen LogP contribution in [0.4, 0.5) is 10.1 Å². The molecule has 5 rings (SSSR count). The monoisotopic (exact) mass is 432 g/mol. The molecule has 3 heterocycles. The largest absolute Gasteiger partial charge is 0.492 e. The minimum atomic E-state index is -0.523. The van der Waals surface area contributed by atoms with Crippen molar-refractivity contribution in [3.05, 3.63) is 54.1 Å². The molecule has 0 bridgehead atoms. The van der Waals surface area contributed by atoms with E-state index >= 15 is 0 Å². The van der Waals surface area contributed by atoms with E-state index in [4.69, 9.17) is 4.74 Å². The fourth-order valence-corrected chi connectivity index (χ4v) is 4.41. The van der Waals surface area contributed by atoms with Crippen molar-refractivity contribution in [2.45, 2.75) is 31.6 Å². The highest BCUT2D eigenvalue weighted by Crippen LogP contribution is 2.41. The van der Waals surface area contributed by atoms with Gasteiger partial charge in [-0.05, 0) is 55.9 Å². The number of hydrogen-bond acceptors (Lipinski definition) is 6. The maximum Gasteiger partial charge on any atom is 0.212 e. The molecule has 0 amide bonds. The molecular weight excluding hydrogens is 407 g/mol. The van der Waals surface area contributed by atoms with E-state index in [1.807, 2.05) is 23.7 Å². The molecule has 164 valence electrons. The van der Waals surface area contributed by atoms with Crippen LogP contribution in [-0.2, 0) is 7.05 Å². The van der Waals surface area contributed by atoms with Crippen molar-refractivity contribution in [3.63, 3.8) is 0 Å². The molecule has 0 N–H and O–H groups in total. The van der Waals surface area contributed by atoms with E-state index in [9.17, 15) is 9.65 Å². The first-order valence-electron chi connectivity index (χ1n) is 11.0. The summed E-state index contributed by atoms with van der Waals surface area (Å²) in [6.45, 7) is 2.19. The van der Waals surface area contributed by atoms with E-state index < -0.39 is 5.95 Å². The summed E-state index contributed by atoms with van der Waals surface area (Å²) >= 11 is 0. The van der Waals surface area contributed by atoms with Crippen molar-refractivity contribution in [2.24, 2.45) is 13.0 Å². The number of hydrogen-bond donors (Lipinski definition) is 0. The lowest BCUT2D eigenvalue weighted by molar-refractivity contribution is 0.299. The molecule has 0 spiro atoms. The number of piperidine rings is 1. The molecule has 1 saturated carbocycles. The van der Waals surface area contributed by atoms with Crippen LogP contribution in [0.3, 0.4) is 0 Å². The standard InChI is InChI=1S/C24H25FN6O/c1-30-15-28-29-24(30)17-8-10-31(11-9-17)23-19(18-4-7-22(25)27-13-18)5-6-21(20(23)12-26)32-14-16-2-3-16/h4-7,13,15-17H,2-3,8-11,14H2,1H3.